The lowest BCUT2D eigenvalue weighted by molar-refractivity contribution is -0.143. The van der Waals surface area contributed by atoms with Crippen LogP contribution < -0.4 is 9.46 Å². The van der Waals surface area contributed by atoms with E-state index in [9.17, 15) is 13.2 Å². The number of nitrogens with zero attached hydrogens (tertiary/aromatic N) is 3. The number of carbonyl (C=O) groups excluding carboxylic acids is 2. The number of allylic oxidation sites excluding steroid dienone is 1. The van der Waals surface area contributed by atoms with Crippen molar-refractivity contribution in [2.24, 2.45) is 5.41 Å². The third-order valence-electron chi connectivity index (χ3n) is 13.2. The normalized spacial score (nSPS) is 28.3. The van der Waals surface area contributed by atoms with Gasteiger partial charge in [-0.25, -0.2) is 13.1 Å². The van der Waals surface area contributed by atoms with Crippen molar-refractivity contribution in [2.75, 3.05) is 27.2 Å². The van der Waals surface area contributed by atoms with Crippen molar-refractivity contribution in [2.45, 2.75) is 106 Å². The van der Waals surface area contributed by atoms with Gasteiger partial charge in [0.15, 0.2) is 0 Å². The Hall–Kier alpha value is -3.63. The molecule has 2 aromatic carbocycles. The molecule has 50 heavy (non-hydrogen) atoms. The number of piperazine rings is 1. The standard InChI is InChI=1S/C40H48N4O5S/c1-4-16-39(17-18-39)50(47,48)41-37(45)26-10-14-31-34(19-26)43-24-40(38(46)44-27-11-12-28(44)23-42(2)22-27)21-33(40)32-20-29(49-3)13-15-30(32)36(43)35(31)25-8-6-5-7-9-25/h4,10,13-15,19-20,25,27-28,33H,1,5-9,11-12,16-18,21-24H2,2-3H3,(H,41,45). The molecule has 4 atom stereocenters. The van der Waals surface area contributed by atoms with E-state index in [0.717, 1.165) is 73.1 Å². The molecule has 1 N–H and O–H groups in total. The van der Waals surface area contributed by atoms with Gasteiger partial charge in [0.2, 0.25) is 15.9 Å². The summed E-state index contributed by atoms with van der Waals surface area (Å²) in [5.41, 5.74) is 5.41. The summed E-state index contributed by atoms with van der Waals surface area (Å²) >= 11 is 0. The molecule has 3 aliphatic heterocycles. The average molecular weight is 697 g/mol. The highest BCUT2D eigenvalue weighted by Gasteiger charge is 2.65. The maximum atomic E-state index is 15.1. The van der Waals surface area contributed by atoms with Gasteiger partial charge in [0.1, 0.15) is 5.75 Å². The fourth-order valence-electron chi connectivity index (χ4n) is 10.4. The van der Waals surface area contributed by atoms with Gasteiger partial charge in [0.05, 0.1) is 23.0 Å². The molecule has 9 nitrogen and oxygen atoms in total. The van der Waals surface area contributed by atoms with Crippen LogP contribution in [0.25, 0.3) is 22.2 Å². The predicted molar refractivity (Wildman–Crippen MR) is 194 cm³/mol. The van der Waals surface area contributed by atoms with Crippen LogP contribution in [0.5, 0.6) is 5.75 Å². The molecule has 4 unspecified atom stereocenters. The predicted octanol–water partition coefficient (Wildman–Crippen LogP) is 6.33. The molecule has 3 saturated carbocycles. The lowest BCUT2D eigenvalue weighted by Crippen LogP contribution is -2.57. The lowest BCUT2D eigenvalue weighted by atomic mass is 9.81. The van der Waals surface area contributed by atoms with Gasteiger partial charge in [-0.3, -0.25) is 9.59 Å². The molecule has 10 heteroatoms. The molecule has 3 aliphatic carbocycles. The molecular formula is C40H48N4O5S. The molecule has 2 bridgehead atoms. The minimum Gasteiger partial charge on any atom is -0.497 e. The number of sulfonamides is 1. The Kier molecular flexibility index (Phi) is 7.39. The average Bonchev–Trinajstić information content (AvgIpc) is 4.01. The van der Waals surface area contributed by atoms with Crippen molar-refractivity contribution >= 4 is 32.7 Å². The van der Waals surface area contributed by atoms with Crippen molar-refractivity contribution in [1.82, 2.24) is 19.1 Å². The van der Waals surface area contributed by atoms with E-state index in [-0.39, 0.29) is 23.9 Å². The summed E-state index contributed by atoms with van der Waals surface area (Å²) in [5.74, 6) is 0.887. The van der Waals surface area contributed by atoms with Gasteiger partial charge < -0.3 is 19.1 Å². The zero-order valence-corrected chi connectivity index (χ0v) is 30.1. The molecule has 9 rings (SSSR count). The highest BCUT2D eigenvalue weighted by Crippen LogP contribution is 2.66. The van der Waals surface area contributed by atoms with Gasteiger partial charge in [-0.15, -0.1) is 6.58 Å². The van der Waals surface area contributed by atoms with Crippen molar-refractivity contribution in [1.29, 1.82) is 0 Å². The van der Waals surface area contributed by atoms with E-state index in [0.29, 0.717) is 37.3 Å². The Morgan fingerprint density at radius 2 is 1.76 bits per heavy atom. The maximum absolute atomic E-state index is 15.1. The van der Waals surface area contributed by atoms with Gasteiger partial charge in [-0.2, -0.15) is 0 Å². The fourth-order valence-corrected chi connectivity index (χ4v) is 12.0. The first-order valence-corrected chi connectivity index (χ1v) is 20.1. The topological polar surface area (TPSA) is 101 Å². The van der Waals surface area contributed by atoms with Gasteiger partial charge in [0, 0.05) is 59.7 Å². The van der Waals surface area contributed by atoms with Gasteiger partial charge in [-0.1, -0.05) is 31.4 Å². The van der Waals surface area contributed by atoms with E-state index in [1.807, 2.05) is 18.2 Å². The monoisotopic (exact) mass is 696 g/mol. The number of fused-ring (bicyclic) bond motifs is 9. The summed E-state index contributed by atoms with van der Waals surface area (Å²) in [6.07, 6.45) is 11.6. The van der Waals surface area contributed by atoms with E-state index in [4.69, 9.17) is 4.74 Å². The molecule has 0 radical (unpaired) electrons. The highest BCUT2D eigenvalue weighted by molar-refractivity contribution is 7.91. The Labute approximate surface area is 295 Å². The number of ether oxygens (including phenoxy) is 1. The number of benzene rings is 2. The number of aromatic nitrogens is 1. The van der Waals surface area contributed by atoms with Crippen LogP contribution in [-0.2, 0) is 21.4 Å². The number of nitrogens with one attached hydrogen (secondary N) is 1. The smallest absolute Gasteiger partial charge is 0.264 e. The molecule has 4 heterocycles. The molecule has 5 fully saturated rings. The summed E-state index contributed by atoms with van der Waals surface area (Å²) in [4.78, 5) is 33.4. The van der Waals surface area contributed by atoms with Crippen LogP contribution in [0.1, 0.15) is 104 Å². The summed E-state index contributed by atoms with van der Waals surface area (Å²) in [6, 6.07) is 12.5. The van der Waals surface area contributed by atoms with Crippen LogP contribution in [-0.4, -0.2) is 78.7 Å². The Morgan fingerprint density at radius 1 is 1.02 bits per heavy atom. The van der Waals surface area contributed by atoms with E-state index < -0.39 is 26.1 Å². The number of rotatable bonds is 8. The van der Waals surface area contributed by atoms with Gasteiger partial charge >= 0.3 is 0 Å². The molecule has 3 aromatic rings. The molecule has 264 valence electrons. The van der Waals surface area contributed by atoms with E-state index >= 15 is 4.79 Å². The molecular weight excluding hydrogens is 649 g/mol. The van der Waals surface area contributed by atoms with E-state index in [1.54, 1.807) is 19.3 Å². The second kappa shape index (κ2) is 11.4. The Bertz CT molecular complexity index is 2030. The summed E-state index contributed by atoms with van der Waals surface area (Å²) < 4.78 is 36.4. The van der Waals surface area contributed by atoms with Crippen LogP contribution >= 0.6 is 0 Å². The number of hydrogen-bond acceptors (Lipinski definition) is 6. The van der Waals surface area contributed by atoms with Crippen molar-refractivity contribution in [3.63, 3.8) is 0 Å². The number of amides is 2. The summed E-state index contributed by atoms with van der Waals surface area (Å²) in [7, 11) is -0.0205. The first-order valence-electron chi connectivity index (χ1n) is 18.6. The third kappa shape index (κ3) is 4.76. The Morgan fingerprint density at radius 3 is 2.44 bits per heavy atom. The minimum absolute atomic E-state index is 0.0736. The van der Waals surface area contributed by atoms with Crippen molar-refractivity contribution in [3.8, 4) is 17.0 Å². The van der Waals surface area contributed by atoms with Gasteiger partial charge in [-0.05, 0) is 106 Å². The largest absolute Gasteiger partial charge is 0.497 e. The number of methoxy groups -OCH3 is 1. The van der Waals surface area contributed by atoms with Crippen LogP contribution in [0.2, 0.25) is 0 Å². The van der Waals surface area contributed by atoms with Crippen LogP contribution in [0, 0.1) is 5.41 Å². The molecule has 1 aromatic heterocycles. The first kappa shape index (κ1) is 32.3. The zero-order valence-electron chi connectivity index (χ0n) is 29.2. The maximum Gasteiger partial charge on any atom is 0.264 e. The number of carbonyl (C=O) groups is 2. The SMILES string of the molecule is C=CCC1(S(=O)(=O)NC(=O)c2ccc3c(C4CCCCC4)c4n(c3c2)CC2(C(=O)N3C5CCC3CN(C)C5)CC2c2cc(OC)ccc2-4)CC1. The fraction of sp³-hybridized carbons (Fsp3) is 0.550. The summed E-state index contributed by atoms with van der Waals surface area (Å²) in [5, 5.41) is 1.10. The van der Waals surface area contributed by atoms with Crippen LogP contribution in [0.15, 0.2) is 49.1 Å². The molecule has 2 amide bonds. The second-order valence-corrected chi connectivity index (χ2v) is 18.3. The van der Waals surface area contributed by atoms with Crippen molar-refractivity contribution < 1.29 is 22.7 Å². The highest BCUT2D eigenvalue weighted by atomic mass is 32.2. The summed E-state index contributed by atoms with van der Waals surface area (Å²) in [6.45, 7) is 6.09. The lowest BCUT2D eigenvalue weighted by Gasteiger charge is -2.41. The zero-order chi connectivity index (χ0) is 34.6. The van der Waals surface area contributed by atoms with Gasteiger partial charge in [0.25, 0.3) is 5.91 Å². The Balaban J connectivity index is 1.20. The van der Waals surface area contributed by atoms with Crippen LogP contribution in [0.4, 0.5) is 0 Å². The quantitative estimate of drug-likeness (QED) is 0.277. The number of likely N-dealkylation sites (N-methyl/N-ethyl adjacent to an activating group) is 1. The second-order valence-electron chi connectivity index (χ2n) is 16.2. The van der Waals surface area contributed by atoms with Crippen molar-refractivity contribution in [3.05, 3.63) is 65.7 Å². The van der Waals surface area contributed by atoms with E-state index in [2.05, 4.69) is 44.8 Å². The number of hydrogen-bond donors (Lipinski definition) is 1. The molecule has 2 saturated heterocycles. The minimum atomic E-state index is -3.88. The molecule has 6 aliphatic rings. The number of likely N-dealkylation sites (tertiary alicyclic amines) is 1. The van der Waals surface area contributed by atoms with Crippen LogP contribution in [0.3, 0.4) is 0 Å². The third-order valence-corrected chi connectivity index (χ3v) is 15.4. The first-order chi connectivity index (χ1) is 24.1. The van der Waals surface area contributed by atoms with E-state index in [1.165, 1.54) is 30.4 Å². The molecule has 0 spiro atoms.